The fraction of sp³-hybridized carbons (Fsp3) is 0.368. The van der Waals surface area contributed by atoms with Crippen molar-refractivity contribution in [2.45, 2.75) is 33.1 Å². The van der Waals surface area contributed by atoms with Gasteiger partial charge in [0.2, 0.25) is 5.91 Å². The maximum atomic E-state index is 11.8. The van der Waals surface area contributed by atoms with Crippen molar-refractivity contribution in [2.75, 3.05) is 13.2 Å². The lowest BCUT2D eigenvalue weighted by atomic mass is 10.2. The van der Waals surface area contributed by atoms with Gasteiger partial charge in [0.15, 0.2) is 11.5 Å². The third-order valence-corrected chi connectivity index (χ3v) is 4.22. The molecule has 1 amide bonds. The van der Waals surface area contributed by atoms with E-state index < -0.39 is 0 Å². The quantitative estimate of drug-likeness (QED) is 0.395. The second-order valence-corrected chi connectivity index (χ2v) is 6.42. The average molecular weight is 360 g/mol. The van der Waals surface area contributed by atoms with Gasteiger partial charge < -0.3 is 9.47 Å². The van der Waals surface area contributed by atoms with Crippen LogP contribution in [0.5, 0.6) is 11.5 Å². The Hall–Kier alpha value is -2.34. The molecule has 2 aromatic rings. The Kier molecular flexibility index (Phi) is 7.98. The van der Waals surface area contributed by atoms with Crippen molar-refractivity contribution in [3.63, 3.8) is 0 Å². The van der Waals surface area contributed by atoms with Gasteiger partial charge in [-0.2, -0.15) is 5.10 Å². The number of unbranched alkanes of at least 4 members (excludes halogenated alkanes) is 1. The number of ether oxygens (including phenoxy) is 2. The van der Waals surface area contributed by atoms with Gasteiger partial charge >= 0.3 is 0 Å². The van der Waals surface area contributed by atoms with E-state index in [1.807, 2.05) is 42.6 Å². The van der Waals surface area contributed by atoms with E-state index in [1.54, 1.807) is 17.6 Å². The molecule has 6 heteroatoms. The Morgan fingerprint density at radius 1 is 1.24 bits per heavy atom. The van der Waals surface area contributed by atoms with Gasteiger partial charge in [0.25, 0.3) is 0 Å². The van der Waals surface area contributed by atoms with Crippen LogP contribution in [0, 0.1) is 0 Å². The summed E-state index contributed by atoms with van der Waals surface area (Å²) in [6.45, 7) is 5.28. The zero-order chi connectivity index (χ0) is 17.9. The van der Waals surface area contributed by atoms with Gasteiger partial charge in [0.1, 0.15) is 0 Å². The summed E-state index contributed by atoms with van der Waals surface area (Å²) in [5.41, 5.74) is 3.38. The van der Waals surface area contributed by atoms with Crippen LogP contribution in [0.25, 0.3) is 0 Å². The third-order valence-electron chi connectivity index (χ3n) is 3.34. The van der Waals surface area contributed by atoms with Gasteiger partial charge in [-0.05, 0) is 48.6 Å². The summed E-state index contributed by atoms with van der Waals surface area (Å²) in [5.74, 6) is 1.28. The maximum absolute atomic E-state index is 11.8. The van der Waals surface area contributed by atoms with E-state index >= 15 is 0 Å². The van der Waals surface area contributed by atoms with Crippen LogP contribution >= 0.6 is 11.3 Å². The number of carbonyl (C=O) groups excluding carboxylic acids is 1. The number of nitrogens with zero attached hydrogens (tertiary/aromatic N) is 1. The zero-order valence-corrected chi connectivity index (χ0v) is 15.5. The summed E-state index contributed by atoms with van der Waals surface area (Å²) in [6, 6.07) is 9.48. The summed E-state index contributed by atoms with van der Waals surface area (Å²) < 4.78 is 11.4. The van der Waals surface area contributed by atoms with Gasteiger partial charge in [-0.3, -0.25) is 4.79 Å². The lowest BCUT2D eigenvalue weighted by molar-refractivity contribution is -0.120. The predicted molar refractivity (Wildman–Crippen MR) is 102 cm³/mol. The Balaban J connectivity index is 1.93. The number of hydrogen-bond acceptors (Lipinski definition) is 5. The normalized spacial score (nSPS) is 10.8. The molecule has 0 radical (unpaired) electrons. The Morgan fingerprint density at radius 2 is 2.12 bits per heavy atom. The van der Waals surface area contributed by atoms with Crippen LogP contribution in [-0.4, -0.2) is 25.3 Å². The smallest absolute Gasteiger partial charge is 0.245 e. The molecule has 0 aliphatic carbocycles. The number of amides is 1. The number of thiophene rings is 1. The molecule has 2 rings (SSSR count). The number of hydrogen-bond donors (Lipinski definition) is 1. The third kappa shape index (κ3) is 6.58. The van der Waals surface area contributed by atoms with Gasteiger partial charge in [0, 0.05) is 4.88 Å². The van der Waals surface area contributed by atoms with Crippen molar-refractivity contribution in [3.8, 4) is 11.5 Å². The lowest BCUT2D eigenvalue weighted by Crippen LogP contribution is -2.19. The first-order valence-corrected chi connectivity index (χ1v) is 9.34. The average Bonchev–Trinajstić information content (AvgIpc) is 3.10. The molecule has 5 nitrogen and oxygen atoms in total. The minimum atomic E-state index is -0.136. The Labute approximate surface area is 152 Å². The van der Waals surface area contributed by atoms with Crippen molar-refractivity contribution in [1.82, 2.24) is 5.43 Å². The predicted octanol–water partition coefficient (Wildman–Crippen LogP) is 4.02. The molecule has 1 aromatic heterocycles. The maximum Gasteiger partial charge on any atom is 0.245 e. The number of carbonyl (C=O) groups is 1. The summed E-state index contributed by atoms with van der Waals surface area (Å²) in [5, 5.41) is 5.96. The van der Waals surface area contributed by atoms with Crippen LogP contribution in [-0.2, 0) is 11.2 Å². The molecule has 1 heterocycles. The van der Waals surface area contributed by atoms with E-state index in [0.717, 1.165) is 29.0 Å². The number of hydrazone groups is 1. The monoisotopic (exact) mass is 360 g/mol. The van der Waals surface area contributed by atoms with Crippen LogP contribution in [0.2, 0.25) is 0 Å². The van der Waals surface area contributed by atoms with Gasteiger partial charge in [-0.15, -0.1) is 11.3 Å². The Bertz CT molecular complexity index is 684. The molecule has 0 fully saturated rings. The van der Waals surface area contributed by atoms with E-state index in [1.165, 1.54) is 0 Å². The molecule has 0 aliphatic rings. The highest BCUT2D eigenvalue weighted by atomic mass is 32.1. The molecule has 0 saturated carbocycles. The molecule has 0 atom stereocenters. The fourth-order valence-corrected chi connectivity index (χ4v) is 2.81. The minimum Gasteiger partial charge on any atom is -0.490 e. The summed E-state index contributed by atoms with van der Waals surface area (Å²) in [4.78, 5) is 12.8. The van der Waals surface area contributed by atoms with E-state index in [2.05, 4.69) is 17.5 Å². The molecular weight excluding hydrogens is 336 g/mol. The molecule has 25 heavy (non-hydrogen) atoms. The molecule has 0 spiro atoms. The van der Waals surface area contributed by atoms with E-state index in [0.29, 0.717) is 25.4 Å². The van der Waals surface area contributed by atoms with Crippen LogP contribution < -0.4 is 14.9 Å². The minimum absolute atomic E-state index is 0.136. The molecule has 134 valence electrons. The summed E-state index contributed by atoms with van der Waals surface area (Å²) in [7, 11) is 0. The largest absolute Gasteiger partial charge is 0.490 e. The highest BCUT2D eigenvalue weighted by Gasteiger charge is 2.06. The molecule has 0 bridgehead atoms. The number of benzene rings is 1. The molecule has 0 unspecified atom stereocenters. The Morgan fingerprint density at radius 3 is 2.84 bits per heavy atom. The van der Waals surface area contributed by atoms with Crippen molar-refractivity contribution >= 4 is 23.5 Å². The van der Waals surface area contributed by atoms with E-state index in [4.69, 9.17) is 9.47 Å². The first-order valence-electron chi connectivity index (χ1n) is 8.46. The summed E-state index contributed by atoms with van der Waals surface area (Å²) in [6.07, 6.45) is 4.03. The fourth-order valence-electron chi connectivity index (χ4n) is 2.11. The van der Waals surface area contributed by atoms with Crippen molar-refractivity contribution in [1.29, 1.82) is 0 Å². The molecule has 1 N–H and O–H groups in total. The highest BCUT2D eigenvalue weighted by Crippen LogP contribution is 2.28. The van der Waals surface area contributed by atoms with Crippen molar-refractivity contribution in [2.24, 2.45) is 5.10 Å². The van der Waals surface area contributed by atoms with Gasteiger partial charge in [-0.25, -0.2) is 5.43 Å². The zero-order valence-electron chi connectivity index (χ0n) is 14.7. The molecule has 1 aromatic carbocycles. The van der Waals surface area contributed by atoms with Crippen molar-refractivity contribution < 1.29 is 14.3 Å². The van der Waals surface area contributed by atoms with E-state index in [-0.39, 0.29) is 5.91 Å². The molecule has 0 aliphatic heterocycles. The number of rotatable bonds is 10. The van der Waals surface area contributed by atoms with Gasteiger partial charge in [-0.1, -0.05) is 19.4 Å². The SMILES string of the molecule is CCCCOc1ccc(/C=N\NC(=O)Cc2cccs2)cc1OCC. The summed E-state index contributed by atoms with van der Waals surface area (Å²) >= 11 is 1.55. The van der Waals surface area contributed by atoms with Crippen LogP contribution in [0.15, 0.2) is 40.8 Å². The van der Waals surface area contributed by atoms with Crippen molar-refractivity contribution in [3.05, 3.63) is 46.2 Å². The van der Waals surface area contributed by atoms with Gasteiger partial charge in [0.05, 0.1) is 25.8 Å². The van der Waals surface area contributed by atoms with E-state index in [9.17, 15) is 4.79 Å². The lowest BCUT2D eigenvalue weighted by Gasteiger charge is -2.12. The van der Waals surface area contributed by atoms with Crippen LogP contribution in [0.3, 0.4) is 0 Å². The second-order valence-electron chi connectivity index (χ2n) is 5.39. The first kappa shape index (κ1) is 19.0. The highest BCUT2D eigenvalue weighted by molar-refractivity contribution is 7.10. The second kappa shape index (κ2) is 10.5. The standard InChI is InChI=1S/C19H24N2O3S/c1-3-5-10-24-17-9-8-15(12-18(17)23-4-2)14-20-21-19(22)13-16-7-6-11-25-16/h6-9,11-12,14H,3-5,10,13H2,1-2H3,(H,21,22)/b20-14-. The number of nitrogens with one attached hydrogen (secondary N) is 1. The molecular formula is C19H24N2O3S. The molecule has 0 saturated heterocycles. The van der Waals surface area contributed by atoms with Crippen LogP contribution in [0.1, 0.15) is 37.1 Å². The topological polar surface area (TPSA) is 59.9 Å². The van der Waals surface area contributed by atoms with Crippen LogP contribution in [0.4, 0.5) is 0 Å². The first-order chi connectivity index (χ1) is 12.2.